The summed E-state index contributed by atoms with van der Waals surface area (Å²) in [5, 5.41) is 9.36. The van der Waals surface area contributed by atoms with Gasteiger partial charge in [0.2, 0.25) is 5.91 Å². The third-order valence-corrected chi connectivity index (χ3v) is 7.89. The first-order valence-electron chi connectivity index (χ1n) is 12.7. The summed E-state index contributed by atoms with van der Waals surface area (Å²) in [7, 11) is 1.42. The summed E-state index contributed by atoms with van der Waals surface area (Å²) in [6.45, 7) is 2.80. The third kappa shape index (κ3) is 5.42. The Morgan fingerprint density at radius 1 is 1.00 bits per heavy atom. The van der Waals surface area contributed by atoms with Crippen LogP contribution < -0.4 is 4.74 Å². The van der Waals surface area contributed by atoms with Crippen LogP contribution >= 0.6 is 0 Å². The summed E-state index contributed by atoms with van der Waals surface area (Å²) < 4.78 is 5.24. The minimum absolute atomic E-state index is 0.00225. The van der Waals surface area contributed by atoms with Gasteiger partial charge in [-0.3, -0.25) is 9.59 Å². The lowest BCUT2D eigenvalue weighted by molar-refractivity contribution is -0.142. The van der Waals surface area contributed by atoms with E-state index >= 15 is 0 Å². The van der Waals surface area contributed by atoms with Gasteiger partial charge in [0.25, 0.3) is 0 Å². The molecule has 1 saturated carbocycles. The summed E-state index contributed by atoms with van der Waals surface area (Å²) in [5.74, 6) is -0.0795. The molecule has 2 aliphatic rings. The molecule has 1 amide bonds. The highest BCUT2D eigenvalue weighted by atomic mass is 16.5. The molecule has 2 aromatic carbocycles. The maximum atomic E-state index is 13.8. The molecule has 35 heavy (non-hydrogen) atoms. The third-order valence-electron chi connectivity index (χ3n) is 7.89. The average Bonchev–Trinajstić information content (AvgIpc) is 3.34. The number of aromatic carboxylic acids is 1. The van der Waals surface area contributed by atoms with Crippen LogP contribution in [0.1, 0.15) is 72.9 Å². The Bertz CT molecular complexity index is 1060. The molecular formula is C29H35NO5. The smallest absolute Gasteiger partial charge is 0.339 e. The van der Waals surface area contributed by atoms with Crippen LogP contribution in [0, 0.1) is 11.8 Å². The molecule has 1 heterocycles. The molecule has 0 radical (unpaired) electrons. The van der Waals surface area contributed by atoms with E-state index in [9.17, 15) is 19.5 Å². The number of likely N-dealkylation sites (tertiary alicyclic amines) is 1. The minimum Gasteiger partial charge on any atom is -0.496 e. The number of ether oxygens (including phenoxy) is 1. The van der Waals surface area contributed by atoms with Crippen molar-refractivity contribution in [2.24, 2.45) is 11.8 Å². The second kappa shape index (κ2) is 11.1. The number of carboxylic acid groups (broad SMARTS) is 1. The van der Waals surface area contributed by atoms with Gasteiger partial charge in [-0.25, -0.2) is 4.79 Å². The fourth-order valence-corrected chi connectivity index (χ4v) is 5.87. The van der Waals surface area contributed by atoms with Crippen molar-refractivity contribution in [3.8, 4) is 5.75 Å². The molecule has 0 aromatic heterocycles. The number of benzene rings is 2. The molecule has 4 rings (SSSR count). The van der Waals surface area contributed by atoms with Crippen LogP contribution in [0.25, 0.3) is 0 Å². The van der Waals surface area contributed by atoms with Gasteiger partial charge in [0, 0.05) is 24.8 Å². The van der Waals surface area contributed by atoms with Crippen LogP contribution in [0.4, 0.5) is 0 Å². The van der Waals surface area contributed by atoms with Crippen molar-refractivity contribution in [3.05, 3.63) is 65.2 Å². The number of hydrogen-bond donors (Lipinski definition) is 1. The first-order chi connectivity index (χ1) is 16.9. The van der Waals surface area contributed by atoms with E-state index in [1.54, 1.807) is 12.1 Å². The Morgan fingerprint density at radius 3 is 2.34 bits per heavy atom. The van der Waals surface area contributed by atoms with Crippen molar-refractivity contribution in [2.75, 3.05) is 13.7 Å². The predicted octanol–water partition coefficient (Wildman–Crippen LogP) is 5.11. The molecule has 2 atom stereocenters. The van der Waals surface area contributed by atoms with Crippen molar-refractivity contribution >= 4 is 17.7 Å². The molecule has 2 aromatic rings. The van der Waals surface area contributed by atoms with E-state index in [2.05, 4.69) is 6.92 Å². The first-order valence-corrected chi connectivity index (χ1v) is 12.7. The van der Waals surface area contributed by atoms with E-state index in [4.69, 9.17) is 4.74 Å². The SMILES string of the molecule is CCC1CCC(C(=O)N2CC[C@@H](c3ccccc3)[C@H]2C(=O)Cc2ccc(C(=O)O)c(OC)c2)CC1. The summed E-state index contributed by atoms with van der Waals surface area (Å²) in [6.07, 6.45) is 6.01. The van der Waals surface area contributed by atoms with Gasteiger partial charge in [0.05, 0.1) is 13.2 Å². The standard InChI is InChI=1S/C29H35NO5/c1-3-19-9-12-22(13-10-19)28(32)30-16-15-23(21-7-5-4-6-8-21)27(30)25(31)17-20-11-14-24(29(33)34)26(18-20)35-2/h4-8,11,14,18-19,22-23,27H,3,9-10,12-13,15-17H2,1-2H3,(H,33,34)/t19?,22?,23-,27-/m0/s1. The summed E-state index contributed by atoms with van der Waals surface area (Å²) in [4.78, 5) is 40.7. The molecule has 0 spiro atoms. The maximum Gasteiger partial charge on any atom is 0.339 e. The van der Waals surface area contributed by atoms with Gasteiger partial charge >= 0.3 is 5.97 Å². The lowest BCUT2D eigenvalue weighted by atomic mass is 9.80. The van der Waals surface area contributed by atoms with Crippen molar-refractivity contribution < 1.29 is 24.2 Å². The minimum atomic E-state index is -1.07. The number of carboxylic acids is 1. The number of rotatable bonds is 8. The average molecular weight is 478 g/mol. The number of Topliss-reactive ketones (excluding diaryl/α,β-unsaturated/α-hetero) is 1. The molecule has 1 saturated heterocycles. The van der Waals surface area contributed by atoms with Crippen LogP contribution in [-0.2, 0) is 16.0 Å². The van der Waals surface area contributed by atoms with Gasteiger partial charge in [-0.1, -0.05) is 49.7 Å². The van der Waals surface area contributed by atoms with Crippen LogP contribution in [0.5, 0.6) is 5.75 Å². The van der Waals surface area contributed by atoms with Gasteiger partial charge in [-0.05, 0) is 61.3 Å². The number of amides is 1. The number of nitrogens with zero attached hydrogens (tertiary/aromatic N) is 1. The normalized spacial score (nSPS) is 24.2. The zero-order chi connectivity index (χ0) is 24.9. The van der Waals surface area contributed by atoms with E-state index in [1.165, 1.54) is 13.2 Å². The van der Waals surface area contributed by atoms with Crippen molar-refractivity contribution in [3.63, 3.8) is 0 Å². The largest absolute Gasteiger partial charge is 0.496 e. The van der Waals surface area contributed by atoms with Crippen molar-refractivity contribution in [2.45, 2.75) is 63.8 Å². The Morgan fingerprint density at radius 2 is 1.71 bits per heavy atom. The molecule has 0 unspecified atom stereocenters. The predicted molar refractivity (Wildman–Crippen MR) is 134 cm³/mol. The summed E-state index contributed by atoms with van der Waals surface area (Å²) >= 11 is 0. The number of carbonyl (C=O) groups excluding carboxylic acids is 2. The fraction of sp³-hybridized carbons (Fsp3) is 0.483. The molecule has 6 heteroatoms. The zero-order valence-electron chi connectivity index (χ0n) is 20.6. The quantitative estimate of drug-likeness (QED) is 0.571. The lowest BCUT2D eigenvalue weighted by Crippen LogP contribution is -2.46. The number of hydrogen-bond acceptors (Lipinski definition) is 4. The highest BCUT2D eigenvalue weighted by Gasteiger charge is 2.44. The first kappa shape index (κ1) is 25.0. The maximum absolute atomic E-state index is 13.8. The molecule has 1 aliphatic heterocycles. The number of ketones is 1. The van der Waals surface area contributed by atoms with E-state index in [0.717, 1.165) is 44.1 Å². The second-order valence-electron chi connectivity index (χ2n) is 9.89. The van der Waals surface area contributed by atoms with E-state index in [0.29, 0.717) is 18.0 Å². The zero-order valence-corrected chi connectivity index (χ0v) is 20.6. The molecule has 1 aliphatic carbocycles. The van der Waals surface area contributed by atoms with Crippen LogP contribution in [0.2, 0.25) is 0 Å². The molecule has 6 nitrogen and oxygen atoms in total. The van der Waals surface area contributed by atoms with E-state index in [1.807, 2.05) is 35.2 Å². The summed E-state index contributed by atoms with van der Waals surface area (Å²) in [6, 6.07) is 14.2. The highest BCUT2D eigenvalue weighted by molar-refractivity contribution is 5.94. The molecule has 186 valence electrons. The van der Waals surface area contributed by atoms with Crippen molar-refractivity contribution in [1.82, 2.24) is 4.90 Å². The Balaban J connectivity index is 1.58. The van der Waals surface area contributed by atoms with Crippen LogP contribution in [-0.4, -0.2) is 47.4 Å². The topological polar surface area (TPSA) is 83.9 Å². The Labute approximate surface area is 207 Å². The van der Waals surface area contributed by atoms with Gasteiger partial charge in [0.1, 0.15) is 11.3 Å². The van der Waals surface area contributed by atoms with Gasteiger partial charge in [-0.2, -0.15) is 0 Å². The summed E-state index contributed by atoms with van der Waals surface area (Å²) in [5.41, 5.74) is 1.83. The van der Waals surface area contributed by atoms with Crippen molar-refractivity contribution in [1.29, 1.82) is 0 Å². The monoisotopic (exact) mass is 477 g/mol. The number of carbonyl (C=O) groups is 3. The van der Waals surface area contributed by atoms with Gasteiger partial charge in [0.15, 0.2) is 5.78 Å². The molecular weight excluding hydrogens is 442 g/mol. The fourth-order valence-electron chi connectivity index (χ4n) is 5.87. The Kier molecular flexibility index (Phi) is 7.89. The van der Waals surface area contributed by atoms with Gasteiger partial charge in [-0.15, -0.1) is 0 Å². The van der Waals surface area contributed by atoms with Crippen LogP contribution in [0.3, 0.4) is 0 Å². The van der Waals surface area contributed by atoms with E-state index in [-0.39, 0.29) is 41.3 Å². The highest BCUT2D eigenvalue weighted by Crippen LogP contribution is 2.38. The second-order valence-corrected chi connectivity index (χ2v) is 9.89. The van der Waals surface area contributed by atoms with E-state index < -0.39 is 12.0 Å². The lowest BCUT2D eigenvalue weighted by Gasteiger charge is -2.33. The number of methoxy groups -OCH3 is 1. The van der Waals surface area contributed by atoms with Gasteiger partial charge < -0.3 is 14.7 Å². The Hall–Kier alpha value is -3.15. The molecule has 2 fully saturated rings. The van der Waals surface area contributed by atoms with Crippen LogP contribution in [0.15, 0.2) is 48.5 Å². The molecule has 0 bridgehead atoms. The molecule has 1 N–H and O–H groups in total.